The van der Waals surface area contributed by atoms with Gasteiger partial charge < -0.3 is 4.74 Å². The molecule has 1 nitrogen and oxygen atoms in total. The van der Waals surface area contributed by atoms with Crippen LogP contribution in [0, 0.1) is 17.7 Å². The van der Waals surface area contributed by atoms with Gasteiger partial charge in [0, 0.05) is 11.1 Å². The Bertz CT molecular complexity index is 832. The van der Waals surface area contributed by atoms with E-state index in [-0.39, 0.29) is 11.2 Å². The molecule has 0 saturated carbocycles. The van der Waals surface area contributed by atoms with Crippen molar-refractivity contribution in [1.29, 1.82) is 0 Å². The molecule has 156 valence electrons. The Morgan fingerprint density at radius 2 is 1.59 bits per heavy atom. The molecule has 2 heteroatoms. The number of halogens is 1. The molecule has 0 spiro atoms. The van der Waals surface area contributed by atoms with E-state index in [1.54, 1.807) is 6.07 Å². The number of ether oxygens (including phenoxy) is 1. The third-order valence-electron chi connectivity index (χ3n) is 5.01. The van der Waals surface area contributed by atoms with Crippen LogP contribution < -0.4 is 4.74 Å². The van der Waals surface area contributed by atoms with Crippen LogP contribution in [0.15, 0.2) is 36.4 Å². The molecule has 0 amide bonds. The van der Waals surface area contributed by atoms with Crippen LogP contribution in [0.2, 0.25) is 0 Å². The molecule has 0 radical (unpaired) electrons. The Labute approximate surface area is 176 Å². The van der Waals surface area contributed by atoms with Gasteiger partial charge in [-0.15, -0.1) is 0 Å². The zero-order chi connectivity index (χ0) is 21.3. The molecule has 2 aromatic carbocycles. The van der Waals surface area contributed by atoms with Gasteiger partial charge in [-0.1, -0.05) is 71.8 Å². The fourth-order valence-electron chi connectivity index (χ4n) is 3.21. The topological polar surface area (TPSA) is 9.23 Å². The molecule has 29 heavy (non-hydrogen) atoms. The number of hydrogen-bond donors (Lipinski definition) is 0. The minimum Gasteiger partial charge on any atom is -0.494 e. The van der Waals surface area contributed by atoms with Crippen LogP contribution in [-0.2, 0) is 11.8 Å². The second-order valence-corrected chi connectivity index (χ2v) is 8.67. The maximum Gasteiger partial charge on any atom is 0.127 e. The summed E-state index contributed by atoms with van der Waals surface area (Å²) in [5.41, 5.74) is 3.51. The average molecular weight is 395 g/mol. The van der Waals surface area contributed by atoms with E-state index >= 15 is 0 Å². The van der Waals surface area contributed by atoms with Gasteiger partial charge >= 0.3 is 0 Å². The average Bonchev–Trinajstić information content (AvgIpc) is 2.68. The Hall–Kier alpha value is -2.27. The second-order valence-electron chi connectivity index (χ2n) is 8.67. The van der Waals surface area contributed by atoms with Crippen LogP contribution >= 0.6 is 0 Å². The van der Waals surface area contributed by atoms with Crippen LogP contribution in [0.5, 0.6) is 5.75 Å². The van der Waals surface area contributed by atoms with Gasteiger partial charge in [0.1, 0.15) is 11.6 Å². The smallest absolute Gasteiger partial charge is 0.127 e. The SMILES string of the molecule is CCCCCc1cc(C(C)(C)C)c(C#Cc2ccc(OCCCC)cc2)cc1F. The molecule has 2 aromatic rings. The summed E-state index contributed by atoms with van der Waals surface area (Å²) in [6.45, 7) is 11.5. The van der Waals surface area contributed by atoms with Gasteiger partial charge in [-0.25, -0.2) is 4.39 Å². The fraction of sp³-hybridized carbons (Fsp3) is 0.481. The summed E-state index contributed by atoms with van der Waals surface area (Å²) in [4.78, 5) is 0. The van der Waals surface area contributed by atoms with Crippen molar-refractivity contribution in [2.75, 3.05) is 6.61 Å². The molecule has 0 atom stereocenters. The normalized spacial score (nSPS) is 11.1. The van der Waals surface area contributed by atoms with Gasteiger partial charge in [-0.05, 0) is 66.1 Å². The number of aryl methyl sites for hydroxylation is 1. The highest BCUT2D eigenvalue weighted by Gasteiger charge is 2.20. The van der Waals surface area contributed by atoms with Crippen molar-refractivity contribution >= 4 is 0 Å². The lowest BCUT2D eigenvalue weighted by molar-refractivity contribution is 0.309. The number of benzene rings is 2. The molecular weight excluding hydrogens is 359 g/mol. The Morgan fingerprint density at radius 1 is 0.897 bits per heavy atom. The molecule has 0 heterocycles. The van der Waals surface area contributed by atoms with Crippen molar-refractivity contribution in [3.8, 4) is 17.6 Å². The van der Waals surface area contributed by atoms with E-state index in [0.29, 0.717) is 0 Å². The minimum absolute atomic E-state index is 0.0891. The quantitative estimate of drug-likeness (QED) is 0.334. The summed E-state index contributed by atoms with van der Waals surface area (Å²) in [5, 5.41) is 0. The largest absolute Gasteiger partial charge is 0.494 e. The van der Waals surface area contributed by atoms with Gasteiger partial charge in [0.15, 0.2) is 0 Å². The lowest BCUT2D eigenvalue weighted by Gasteiger charge is -2.22. The van der Waals surface area contributed by atoms with E-state index in [1.807, 2.05) is 30.3 Å². The summed E-state index contributed by atoms with van der Waals surface area (Å²) in [6.07, 6.45) is 6.25. The first-order valence-corrected chi connectivity index (χ1v) is 10.9. The zero-order valence-electron chi connectivity index (χ0n) is 18.7. The lowest BCUT2D eigenvalue weighted by Crippen LogP contribution is -2.14. The van der Waals surface area contributed by atoms with Gasteiger partial charge in [0.05, 0.1) is 6.61 Å². The summed E-state index contributed by atoms with van der Waals surface area (Å²) in [6, 6.07) is 11.5. The van der Waals surface area contributed by atoms with Gasteiger partial charge in [-0.2, -0.15) is 0 Å². The van der Waals surface area contributed by atoms with Crippen molar-refractivity contribution in [1.82, 2.24) is 0 Å². The maximum absolute atomic E-state index is 14.7. The summed E-state index contributed by atoms with van der Waals surface area (Å²) in [7, 11) is 0. The van der Waals surface area contributed by atoms with Crippen molar-refractivity contribution in [3.63, 3.8) is 0 Å². The summed E-state index contributed by atoms with van der Waals surface area (Å²) >= 11 is 0. The highest BCUT2D eigenvalue weighted by atomic mass is 19.1. The first-order chi connectivity index (χ1) is 13.8. The second kappa shape index (κ2) is 11.1. The molecule has 0 aliphatic heterocycles. The molecule has 2 rings (SSSR count). The van der Waals surface area contributed by atoms with Crippen LogP contribution in [-0.4, -0.2) is 6.61 Å². The summed E-state index contributed by atoms with van der Waals surface area (Å²) in [5.74, 6) is 7.13. The molecule has 0 unspecified atom stereocenters. The molecule has 0 bridgehead atoms. The molecular formula is C27H35FO. The Morgan fingerprint density at radius 3 is 2.21 bits per heavy atom. The molecule has 0 N–H and O–H groups in total. The van der Waals surface area contributed by atoms with Crippen molar-refractivity contribution in [2.24, 2.45) is 0 Å². The molecule has 0 fully saturated rings. The van der Waals surface area contributed by atoms with Crippen LogP contribution in [0.4, 0.5) is 4.39 Å². The molecule has 0 saturated heterocycles. The minimum atomic E-state index is -0.141. The van der Waals surface area contributed by atoms with Gasteiger partial charge in [0.2, 0.25) is 0 Å². The number of unbranched alkanes of at least 4 members (excludes halogenated alkanes) is 3. The van der Waals surface area contributed by atoms with Crippen molar-refractivity contribution in [2.45, 2.75) is 78.6 Å². The third-order valence-corrected chi connectivity index (χ3v) is 5.01. The van der Waals surface area contributed by atoms with E-state index in [0.717, 1.165) is 73.1 Å². The highest BCUT2D eigenvalue weighted by Crippen LogP contribution is 2.29. The first kappa shape index (κ1) is 23.0. The molecule has 0 aliphatic rings. The van der Waals surface area contributed by atoms with Crippen LogP contribution in [0.1, 0.15) is 89.0 Å². The van der Waals surface area contributed by atoms with E-state index in [2.05, 4.69) is 46.5 Å². The zero-order valence-corrected chi connectivity index (χ0v) is 18.7. The molecule has 0 aliphatic carbocycles. The van der Waals surface area contributed by atoms with Gasteiger partial charge in [-0.3, -0.25) is 0 Å². The van der Waals surface area contributed by atoms with E-state index < -0.39 is 0 Å². The van der Waals surface area contributed by atoms with Gasteiger partial charge in [0.25, 0.3) is 0 Å². The van der Waals surface area contributed by atoms with E-state index in [9.17, 15) is 4.39 Å². The predicted molar refractivity (Wildman–Crippen MR) is 121 cm³/mol. The van der Waals surface area contributed by atoms with E-state index in [4.69, 9.17) is 4.74 Å². The van der Waals surface area contributed by atoms with Crippen molar-refractivity contribution in [3.05, 3.63) is 64.5 Å². The standard InChI is InChI=1S/C27H35FO/c1-6-8-10-11-23-19-25(27(3,4)5)22(20-26(23)28)15-12-21-13-16-24(17-14-21)29-18-9-7-2/h13-14,16-17,19-20H,6-11,18H2,1-5H3. The Kier molecular flexibility index (Phi) is 8.77. The fourth-order valence-corrected chi connectivity index (χ4v) is 3.21. The number of hydrogen-bond acceptors (Lipinski definition) is 1. The summed E-state index contributed by atoms with van der Waals surface area (Å²) < 4.78 is 20.4. The van der Waals surface area contributed by atoms with Crippen LogP contribution in [0.3, 0.4) is 0 Å². The molecule has 0 aromatic heterocycles. The van der Waals surface area contributed by atoms with Crippen molar-refractivity contribution < 1.29 is 9.13 Å². The number of rotatable bonds is 8. The lowest BCUT2D eigenvalue weighted by atomic mass is 9.82. The Balaban J connectivity index is 2.25. The highest BCUT2D eigenvalue weighted by molar-refractivity contribution is 5.51. The van der Waals surface area contributed by atoms with E-state index in [1.165, 1.54) is 0 Å². The first-order valence-electron chi connectivity index (χ1n) is 10.9. The maximum atomic E-state index is 14.7. The monoisotopic (exact) mass is 394 g/mol. The van der Waals surface area contributed by atoms with Crippen LogP contribution in [0.25, 0.3) is 0 Å². The predicted octanol–water partition coefficient (Wildman–Crippen LogP) is 7.43. The third kappa shape index (κ3) is 7.24.